The molecular weight excluding hydrogens is 406 g/mol. The smallest absolute Gasteiger partial charge is 0.256 e. The highest BCUT2D eigenvalue weighted by atomic mass is 35.5. The van der Waals surface area contributed by atoms with Gasteiger partial charge in [-0.3, -0.25) is 9.59 Å². The van der Waals surface area contributed by atoms with Gasteiger partial charge in [-0.25, -0.2) is 0 Å². The molecule has 2 unspecified atom stereocenters. The van der Waals surface area contributed by atoms with Gasteiger partial charge in [0.1, 0.15) is 5.00 Å². The Labute approximate surface area is 182 Å². The van der Waals surface area contributed by atoms with E-state index < -0.39 is 0 Å². The summed E-state index contributed by atoms with van der Waals surface area (Å²) in [4.78, 5) is 27.7. The Morgan fingerprint density at radius 1 is 1.10 bits per heavy atom. The molecule has 0 aliphatic carbocycles. The lowest BCUT2D eigenvalue weighted by atomic mass is 10.0. The fourth-order valence-electron chi connectivity index (χ4n) is 4.07. The Morgan fingerprint density at radius 3 is 2.55 bits per heavy atom. The van der Waals surface area contributed by atoms with Gasteiger partial charge in [0.05, 0.1) is 5.56 Å². The van der Waals surface area contributed by atoms with E-state index in [1.54, 1.807) is 0 Å². The number of halogens is 1. The van der Waals surface area contributed by atoms with Crippen LogP contribution in [0.1, 0.15) is 65.3 Å². The minimum atomic E-state index is -0.177. The van der Waals surface area contributed by atoms with E-state index in [0.29, 0.717) is 34.1 Å². The molecule has 0 spiro atoms. The van der Waals surface area contributed by atoms with Crippen LogP contribution in [0.15, 0.2) is 35.7 Å². The number of hydrogen-bond donors (Lipinski definition) is 2. The van der Waals surface area contributed by atoms with Crippen LogP contribution in [-0.2, 0) is 0 Å². The maximum Gasteiger partial charge on any atom is 0.256 e. The molecule has 0 radical (unpaired) electrons. The van der Waals surface area contributed by atoms with E-state index in [9.17, 15) is 9.59 Å². The fraction of sp³-hybridized carbons (Fsp3) is 0.455. The molecule has 5 nitrogen and oxygen atoms in total. The predicted octanol–water partition coefficient (Wildman–Crippen LogP) is 4.51. The molecule has 2 N–H and O–H groups in total. The maximum atomic E-state index is 13.1. The van der Waals surface area contributed by atoms with Gasteiger partial charge in [-0.05, 0) is 54.3 Å². The van der Waals surface area contributed by atoms with Crippen LogP contribution in [0, 0.1) is 0 Å². The highest BCUT2D eigenvalue weighted by Crippen LogP contribution is 2.28. The van der Waals surface area contributed by atoms with E-state index >= 15 is 0 Å². The molecule has 7 heteroatoms. The largest absolute Gasteiger partial charge is 0.337 e. The molecule has 2 atom stereocenters. The van der Waals surface area contributed by atoms with Crippen molar-refractivity contribution in [2.24, 2.45) is 0 Å². The summed E-state index contributed by atoms with van der Waals surface area (Å²) in [6, 6.07) is 10.4. The summed E-state index contributed by atoms with van der Waals surface area (Å²) < 4.78 is 0. The topological polar surface area (TPSA) is 61.4 Å². The molecule has 2 saturated heterocycles. The molecule has 4 rings (SSSR count). The number of anilines is 1. The molecule has 2 amide bonds. The maximum absolute atomic E-state index is 13.1. The summed E-state index contributed by atoms with van der Waals surface area (Å²) in [5.41, 5.74) is 2.40. The van der Waals surface area contributed by atoms with Crippen LogP contribution in [0.4, 0.5) is 5.00 Å². The lowest BCUT2D eigenvalue weighted by Gasteiger charge is -2.24. The van der Waals surface area contributed by atoms with Gasteiger partial charge in [0.15, 0.2) is 0 Å². The van der Waals surface area contributed by atoms with Crippen LogP contribution >= 0.6 is 23.7 Å². The number of likely N-dealkylation sites (tertiary alicyclic amines) is 1. The zero-order valence-electron chi connectivity index (χ0n) is 16.8. The van der Waals surface area contributed by atoms with Crippen molar-refractivity contribution in [2.45, 2.75) is 51.1 Å². The summed E-state index contributed by atoms with van der Waals surface area (Å²) in [7, 11) is 0. The zero-order valence-corrected chi connectivity index (χ0v) is 18.4. The van der Waals surface area contributed by atoms with Gasteiger partial charge in [-0.15, -0.1) is 23.7 Å². The summed E-state index contributed by atoms with van der Waals surface area (Å²) in [5.74, 6) is 0.265. The SMILES string of the molecule is CC(C)c1ccc(C(=O)Nc2sccc2C(=O)N2CCC3CCC(C2)N3)cc1.Cl. The number of hydrogen-bond acceptors (Lipinski definition) is 4. The van der Waals surface area contributed by atoms with Crippen molar-refractivity contribution in [1.29, 1.82) is 0 Å². The van der Waals surface area contributed by atoms with Crippen LogP contribution in [0.25, 0.3) is 0 Å². The van der Waals surface area contributed by atoms with E-state index in [4.69, 9.17) is 0 Å². The Balaban J connectivity index is 0.00000240. The zero-order chi connectivity index (χ0) is 19.7. The van der Waals surface area contributed by atoms with E-state index in [1.165, 1.54) is 23.3 Å². The number of amides is 2. The first kappa shape index (κ1) is 21.8. The van der Waals surface area contributed by atoms with Crippen LogP contribution < -0.4 is 10.6 Å². The van der Waals surface area contributed by atoms with Gasteiger partial charge >= 0.3 is 0 Å². The summed E-state index contributed by atoms with van der Waals surface area (Å²) >= 11 is 1.40. The van der Waals surface area contributed by atoms with Gasteiger partial charge < -0.3 is 15.5 Å². The quantitative estimate of drug-likeness (QED) is 0.745. The minimum absolute atomic E-state index is 0. The average molecular weight is 434 g/mol. The molecule has 2 bridgehead atoms. The molecule has 2 fully saturated rings. The Bertz CT molecular complexity index is 865. The van der Waals surface area contributed by atoms with Gasteiger partial charge in [-0.1, -0.05) is 26.0 Å². The third kappa shape index (κ3) is 4.82. The summed E-state index contributed by atoms with van der Waals surface area (Å²) in [5, 5.41) is 9.04. The van der Waals surface area contributed by atoms with Crippen LogP contribution in [0.3, 0.4) is 0 Å². The van der Waals surface area contributed by atoms with Gasteiger partial charge in [0.2, 0.25) is 0 Å². The van der Waals surface area contributed by atoms with E-state index in [2.05, 4.69) is 24.5 Å². The van der Waals surface area contributed by atoms with Crippen molar-refractivity contribution in [3.05, 3.63) is 52.4 Å². The first-order chi connectivity index (χ1) is 13.5. The fourth-order valence-corrected chi connectivity index (χ4v) is 4.84. The molecule has 3 heterocycles. The number of nitrogens with zero attached hydrogens (tertiary/aromatic N) is 1. The second-order valence-corrected chi connectivity index (χ2v) is 8.99. The van der Waals surface area contributed by atoms with Crippen LogP contribution in [0.2, 0.25) is 0 Å². The van der Waals surface area contributed by atoms with E-state index in [0.717, 1.165) is 25.9 Å². The predicted molar refractivity (Wildman–Crippen MR) is 121 cm³/mol. The third-order valence-corrected chi connectivity index (χ3v) is 6.60. The third-order valence-electron chi connectivity index (χ3n) is 5.77. The number of thiophene rings is 1. The molecular formula is C22H28ClN3O2S. The lowest BCUT2D eigenvalue weighted by molar-refractivity contribution is 0.0749. The van der Waals surface area contributed by atoms with Crippen molar-refractivity contribution < 1.29 is 9.59 Å². The van der Waals surface area contributed by atoms with E-state index in [1.807, 2.05) is 40.6 Å². The van der Waals surface area contributed by atoms with E-state index in [-0.39, 0.29) is 24.2 Å². The van der Waals surface area contributed by atoms with Crippen molar-refractivity contribution in [2.75, 3.05) is 18.4 Å². The van der Waals surface area contributed by atoms with Crippen LogP contribution in [0.5, 0.6) is 0 Å². The highest BCUT2D eigenvalue weighted by Gasteiger charge is 2.32. The minimum Gasteiger partial charge on any atom is -0.337 e. The van der Waals surface area contributed by atoms with Crippen molar-refractivity contribution >= 4 is 40.6 Å². The number of rotatable bonds is 4. The van der Waals surface area contributed by atoms with Crippen LogP contribution in [-0.4, -0.2) is 41.9 Å². The van der Waals surface area contributed by atoms with Crippen molar-refractivity contribution in [3.8, 4) is 0 Å². The molecule has 1 aromatic heterocycles. The number of carbonyl (C=O) groups is 2. The number of carbonyl (C=O) groups excluding carboxylic acids is 2. The van der Waals surface area contributed by atoms with Gasteiger partial charge in [0.25, 0.3) is 11.8 Å². The Kier molecular flexibility index (Phi) is 6.98. The molecule has 0 saturated carbocycles. The standard InChI is InChI=1S/C22H27N3O2S.ClH/c1-14(2)15-3-5-16(6-4-15)20(26)24-21-19(10-12-28-21)22(27)25-11-9-17-7-8-18(13-25)23-17;/h3-6,10,12,14,17-18,23H,7-9,11,13H2,1-2H3,(H,24,26);1H. The van der Waals surface area contributed by atoms with Gasteiger partial charge in [-0.2, -0.15) is 0 Å². The number of benzene rings is 1. The highest BCUT2D eigenvalue weighted by molar-refractivity contribution is 7.14. The molecule has 2 aromatic rings. The Morgan fingerprint density at radius 2 is 1.83 bits per heavy atom. The normalized spacial score (nSPS) is 20.9. The number of fused-ring (bicyclic) bond motifs is 2. The van der Waals surface area contributed by atoms with Crippen molar-refractivity contribution in [3.63, 3.8) is 0 Å². The van der Waals surface area contributed by atoms with Crippen molar-refractivity contribution in [1.82, 2.24) is 10.2 Å². The second-order valence-electron chi connectivity index (χ2n) is 8.07. The molecule has 1 aromatic carbocycles. The second kappa shape index (κ2) is 9.28. The lowest BCUT2D eigenvalue weighted by Crippen LogP contribution is -2.39. The molecule has 2 aliphatic heterocycles. The average Bonchev–Trinajstić information content (AvgIpc) is 3.27. The molecule has 156 valence electrons. The van der Waals surface area contributed by atoms with Gasteiger partial charge in [0, 0.05) is 30.7 Å². The summed E-state index contributed by atoms with van der Waals surface area (Å²) in [6.45, 7) is 5.77. The Hall–Kier alpha value is -1.89. The molecule has 2 aliphatic rings. The number of nitrogens with one attached hydrogen (secondary N) is 2. The first-order valence-electron chi connectivity index (χ1n) is 10.1. The summed E-state index contributed by atoms with van der Waals surface area (Å²) in [6.07, 6.45) is 3.34. The monoisotopic (exact) mass is 433 g/mol. The molecule has 29 heavy (non-hydrogen) atoms. The first-order valence-corrected chi connectivity index (χ1v) is 10.9.